The van der Waals surface area contributed by atoms with Crippen LogP contribution in [0.1, 0.15) is 64.7 Å². The minimum Gasteiger partial charge on any atom is -0.0922 e. The van der Waals surface area contributed by atoms with E-state index in [-0.39, 0.29) is 0 Å². The Morgan fingerprint density at radius 2 is 1.73 bits per heavy atom. The van der Waals surface area contributed by atoms with E-state index in [4.69, 9.17) is 0 Å². The van der Waals surface area contributed by atoms with Crippen LogP contribution in [0.3, 0.4) is 0 Å². The van der Waals surface area contributed by atoms with Gasteiger partial charge in [-0.3, -0.25) is 0 Å². The highest BCUT2D eigenvalue weighted by atomic mass is 79.9. The molecule has 0 saturated heterocycles. The maximum atomic E-state index is 3.76. The third kappa shape index (κ3) is 2.99. The van der Waals surface area contributed by atoms with Gasteiger partial charge in [0.1, 0.15) is 0 Å². The first-order valence-electron chi connectivity index (χ1n) is 6.85. The molecular weight excluding hydrogens is 248 g/mol. The molecular formula is C14H25Br. The molecule has 0 spiro atoms. The molecule has 0 amide bonds. The first-order valence-corrected chi connectivity index (χ1v) is 7.98. The molecule has 2 rings (SSSR count). The molecule has 0 nitrogen and oxygen atoms in total. The summed E-state index contributed by atoms with van der Waals surface area (Å²) in [6.45, 7) is 2.30. The van der Waals surface area contributed by atoms with Crippen LogP contribution in [0.5, 0.6) is 0 Å². The Hall–Kier alpha value is 0.480. The van der Waals surface area contributed by atoms with E-state index in [2.05, 4.69) is 22.9 Å². The van der Waals surface area contributed by atoms with Crippen molar-refractivity contribution in [2.75, 3.05) is 5.33 Å². The van der Waals surface area contributed by atoms with E-state index in [1.54, 1.807) is 6.42 Å². The smallest absolute Gasteiger partial charge is 0.00881 e. The van der Waals surface area contributed by atoms with Crippen molar-refractivity contribution in [2.45, 2.75) is 64.7 Å². The van der Waals surface area contributed by atoms with Crippen LogP contribution in [-0.2, 0) is 0 Å². The highest BCUT2D eigenvalue weighted by Gasteiger charge is 2.52. The van der Waals surface area contributed by atoms with Gasteiger partial charge in [0, 0.05) is 5.33 Å². The highest BCUT2D eigenvalue weighted by molar-refractivity contribution is 9.09. The van der Waals surface area contributed by atoms with Gasteiger partial charge in [-0.15, -0.1) is 0 Å². The second-order valence-corrected chi connectivity index (χ2v) is 6.52. The van der Waals surface area contributed by atoms with Gasteiger partial charge in [0.15, 0.2) is 0 Å². The Kier molecular flexibility index (Phi) is 4.15. The normalized spacial score (nSPS) is 38.0. The highest BCUT2D eigenvalue weighted by Crippen LogP contribution is 2.61. The van der Waals surface area contributed by atoms with Gasteiger partial charge >= 0.3 is 0 Å². The van der Waals surface area contributed by atoms with Crippen LogP contribution in [0.2, 0.25) is 0 Å². The van der Waals surface area contributed by atoms with Gasteiger partial charge in [-0.25, -0.2) is 0 Å². The molecule has 1 heteroatoms. The van der Waals surface area contributed by atoms with Gasteiger partial charge in [-0.05, 0) is 42.9 Å². The second-order valence-electron chi connectivity index (χ2n) is 5.96. The summed E-state index contributed by atoms with van der Waals surface area (Å²) in [7, 11) is 0. The standard InChI is InChI=1S/C14H25Br/c1-2-3-4-5-6-7-14(11-15)9-12-8-13(12)10-14/h12-13H,2-11H2,1H3. The van der Waals surface area contributed by atoms with Crippen LogP contribution in [-0.4, -0.2) is 5.33 Å². The van der Waals surface area contributed by atoms with Crippen molar-refractivity contribution < 1.29 is 0 Å². The Morgan fingerprint density at radius 1 is 1.07 bits per heavy atom. The molecule has 2 aliphatic rings. The van der Waals surface area contributed by atoms with E-state index in [1.165, 1.54) is 56.7 Å². The van der Waals surface area contributed by atoms with Crippen LogP contribution < -0.4 is 0 Å². The Labute approximate surface area is 103 Å². The van der Waals surface area contributed by atoms with Crippen molar-refractivity contribution in [3.63, 3.8) is 0 Å². The van der Waals surface area contributed by atoms with E-state index < -0.39 is 0 Å². The first kappa shape index (κ1) is 12.0. The predicted octanol–water partition coefficient (Wildman–Crippen LogP) is 5.16. The predicted molar refractivity (Wildman–Crippen MR) is 70.4 cm³/mol. The molecule has 2 aliphatic carbocycles. The zero-order chi connectivity index (χ0) is 10.7. The van der Waals surface area contributed by atoms with Gasteiger partial charge in [0.2, 0.25) is 0 Å². The summed E-state index contributed by atoms with van der Waals surface area (Å²) in [4.78, 5) is 0. The number of fused-ring (bicyclic) bond motifs is 1. The van der Waals surface area contributed by atoms with Crippen LogP contribution in [0.25, 0.3) is 0 Å². The van der Waals surface area contributed by atoms with E-state index >= 15 is 0 Å². The molecule has 0 aliphatic heterocycles. The molecule has 0 aromatic carbocycles. The second kappa shape index (κ2) is 5.21. The summed E-state index contributed by atoms with van der Waals surface area (Å²) >= 11 is 3.76. The lowest BCUT2D eigenvalue weighted by molar-refractivity contribution is 0.273. The number of hydrogen-bond donors (Lipinski definition) is 0. The zero-order valence-corrected chi connectivity index (χ0v) is 11.7. The van der Waals surface area contributed by atoms with Crippen molar-refractivity contribution in [1.82, 2.24) is 0 Å². The van der Waals surface area contributed by atoms with Crippen LogP contribution in [0.4, 0.5) is 0 Å². The summed E-state index contributed by atoms with van der Waals surface area (Å²) in [5, 5.41) is 1.26. The third-order valence-corrected chi connectivity index (χ3v) is 5.74. The third-order valence-electron chi connectivity index (χ3n) is 4.55. The molecule has 0 aromatic rings. The molecule has 0 heterocycles. The zero-order valence-electron chi connectivity index (χ0n) is 10.1. The van der Waals surface area contributed by atoms with Crippen LogP contribution in [0.15, 0.2) is 0 Å². The lowest BCUT2D eigenvalue weighted by Crippen LogP contribution is -2.20. The fraction of sp³-hybridized carbons (Fsp3) is 1.00. The fourth-order valence-electron chi connectivity index (χ4n) is 3.49. The quantitative estimate of drug-likeness (QED) is 0.444. The molecule has 2 saturated carbocycles. The maximum Gasteiger partial charge on any atom is 0.00881 e. The first-order chi connectivity index (χ1) is 7.29. The molecule has 0 aromatic heterocycles. The topological polar surface area (TPSA) is 0 Å². The fourth-order valence-corrected chi connectivity index (χ4v) is 4.23. The molecule has 2 unspecified atom stereocenters. The minimum atomic E-state index is 0.722. The Balaban J connectivity index is 1.63. The van der Waals surface area contributed by atoms with Gasteiger partial charge < -0.3 is 0 Å². The van der Waals surface area contributed by atoms with Crippen LogP contribution in [0, 0.1) is 17.3 Å². The molecule has 0 radical (unpaired) electrons. The number of unbranched alkanes of at least 4 members (excludes halogenated alkanes) is 4. The molecule has 0 N–H and O–H groups in total. The minimum absolute atomic E-state index is 0.722. The van der Waals surface area contributed by atoms with E-state index in [1.807, 2.05) is 0 Å². The van der Waals surface area contributed by atoms with Crippen LogP contribution >= 0.6 is 15.9 Å². The lowest BCUT2D eigenvalue weighted by Gasteiger charge is -2.28. The molecule has 2 atom stereocenters. The number of halogens is 1. The lowest BCUT2D eigenvalue weighted by atomic mass is 9.80. The Morgan fingerprint density at radius 3 is 2.33 bits per heavy atom. The maximum absolute atomic E-state index is 3.76. The summed E-state index contributed by atoms with van der Waals surface area (Å²) in [5.74, 6) is 2.27. The molecule has 88 valence electrons. The summed E-state index contributed by atoms with van der Waals surface area (Å²) in [5.41, 5.74) is 0.722. The van der Waals surface area contributed by atoms with Gasteiger partial charge in [0.25, 0.3) is 0 Å². The monoisotopic (exact) mass is 272 g/mol. The van der Waals surface area contributed by atoms with Crippen molar-refractivity contribution in [3.8, 4) is 0 Å². The van der Waals surface area contributed by atoms with E-state index in [0.29, 0.717) is 0 Å². The largest absolute Gasteiger partial charge is 0.0922 e. The molecule has 2 fully saturated rings. The van der Waals surface area contributed by atoms with E-state index in [9.17, 15) is 0 Å². The molecule has 0 bridgehead atoms. The van der Waals surface area contributed by atoms with Crippen molar-refractivity contribution in [1.29, 1.82) is 0 Å². The van der Waals surface area contributed by atoms with E-state index in [0.717, 1.165) is 17.3 Å². The average Bonchev–Trinajstić information content (AvgIpc) is 2.87. The SMILES string of the molecule is CCCCCCCC1(CBr)CC2CC2C1. The number of alkyl halides is 1. The van der Waals surface area contributed by atoms with Crippen molar-refractivity contribution >= 4 is 15.9 Å². The Bertz CT molecular complexity index is 190. The summed E-state index contributed by atoms with van der Waals surface area (Å²) < 4.78 is 0. The van der Waals surface area contributed by atoms with Gasteiger partial charge in [-0.1, -0.05) is 55.0 Å². The number of rotatable bonds is 7. The van der Waals surface area contributed by atoms with Crippen molar-refractivity contribution in [2.24, 2.45) is 17.3 Å². The molecule has 15 heavy (non-hydrogen) atoms. The summed E-state index contributed by atoms with van der Waals surface area (Å²) in [6.07, 6.45) is 13.3. The average molecular weight is 273 g/mol. The van der Waals surface area contributed by atoms with Gasteiger partial charge in [0.05, 0.1) is 0 Å². The van der Waals surface area contributed by atoms with Gasteiger partial charge in [-0.2, -0.15) is 0 Å². The number of hydrogen-bond acceptors (Lipinski definition) is 0. The summed E-state index contributed by atoms with van der Waals surface area (Å²) in [6, 6.07) is 0. The van der Waals surface area contributed by atoms with Crippen molar-refractivity contribution in [3.05, 3.63) is 0 Å².